The number of fused-ring (bicyclic) bond motifs is 3. The molecule has 1 aliphatic heterocycles. The number of nitrogens with zero attached hydrogens (tertiary/aromatic N) is 1. The van der Waals surface area contributed by atoms with Gasteiger partial charge in [-0.2, -0.15) is 0 Å². The minimum Gasteiger partial charge on any atom is -0.347 e. The zero-order chi connectivity index (χ0) is 19.4. The molecule has 0 bridgehead atoms. The molecule has 1 spiro atoms. The van der Waals surface area contributed by atoms with Crippen LogP contribution in [0.3, 0.4) is 0 Å². The fraction of sp³-hybridized carbons (Fsp3) is 0.240. The number of ketones is 1. The number of benzene rings is 2. The predicted octanol–water partition coefficient (Wildman–Crippen LogP) is 5.24. The van der Waals surface area contributed by atoms with E-state index < -0.39 is 0 Å². The third kappa shape index (κ3) is 1.75. The Balaban J connectivity index is 1.55. The summed E-state index contributed by atoms with van der Waals surface area (Å²) in [5.74, 6) is 0.178. The van der Waals surface area contributed by atoms with Crippen LogP contribution in [0.1, 0.15) is 33.5 Å². The summed E-state index contributed by atoms with van der Waals surface area (Å²) in [7, 11) is 1.98. The van der Waals surface area contributed by atoms with E-state index in [2.05, 4.69) is 30.5 Å². The number of carbonyl (C=O) groups excluding carboxylic acids is 1. The lowest BCUT2D eigenvalue weighted by Crippen LogP contribution is -2.35. The van der Waals surface area contributed by atoms with Gasteiger partial charge in [0.15, 0.2) is 5.78 Å². The van der Waals surface area contributed by atoms with Crippen LogP contribution in [0.15, 0.2) is 65.9 Å². The first kappa shape index (κ1) is 16.1. The molecule has 0 aromatic heterocycles. The van der Waals surface area contributed by atoms with E-state index in [4.69, 9.17) is 0 Å². The molecule has 1 heterocycles. The van der Waals surface area contributed by atoms with Gasteiger partial charge in [-0.3, -0.25) is 4.79 Å². The van der Waals surface area contributed by atoms with Gasteiger partial charge < -0.3 is 4.90 Å². The Labute approximate surface area is 163 Å². The topological polar surface area (TPSA) is 20.3 Å². The summed E-state index contributed by atoms with van der Waals surface area (Å²) < 4.78 is 13.9. The van der Waals surface area contributed by atoms with Gasteiger partial charge in [-0.1, -0.05) is 35.9 Å². The summed E-state index contributed by atoms with van der Waals surface area (Å²) in [5, 5.41) is 0. The average Bonchev–Trinajstić information content (AvgIpc) is 3.42. The van der Waals surface area contributed by atoms with Gasteiger partial charge >= 0.3 is 0 Å². The number of anilines is 1. The number of Topliss-reactive ketones (excluding diaryl/α,β-unsaturated/α-hetero) is 1. The van der Waals surface area contributed by atoms with Gasteiger partial charge in [0.05, 0.1) is 5.69 Å². The highest BCUT2D eigenvalue weighted by atomic mass is 19.1. The average molecular weight is 369 g/mol. The molecule has 138 valence electrons. The molecule has 2 atom stereocenters. The lowest BCUT2D eigenvalue weighted by atomic mass is 9.72. The lowest BCUT2D eigenvalue weighted by molar-refractivity contribution is 0.103. The maximum Gasteiger partial charge on any atom is 0.193 e. The van der Waals surface area contributed by atoms with Crippen LogP contribution in [0.25, 0.3) is 5.57 Å². The molecule has 0 saturated heterocycles. The van der Waals surface area contributed by atoms with Crippen molar-refractivity contribution in [2.45, 2.75) is 19.8 Å². The van der Waals surface area contributed by atoms with Crippen molar-refractivity contribution in [3.8, 4) is 0 Å². The number of halogens is 1. The minimum absolute atomic E-state index is 0.119. The van der Waals surface area contributed by atoms with Crippen molar-refractivity contribution < 1.29 is 9.18 Å². The Hall–Kier alpha value is -2.94. The number of allylic oxidation sites excluding steroid dienone is 4. The lowest BCUT2D eigenvalue weighted by Gasteiger charge is -2.42. The van der Waals surface area contributed by atoms with Gasteiger partial charge in [0, 0.05) is 34.9 Å². The van der Waals surface area contributed by atoms with E-state index in [9.17, 15) is 9.18 Å². The minimum atomic E-state index is -0.254. The van der Waals surface area contributed by atoms with E-state index >= 15 is 0 Å². The summed E-state index contributed by atoms with van der Waals surface area (Å²) in [6.07, 6.45) is 3.87. The third-order valence-electron chi connectivity index (χ3n) is 7.14. The first-order valence-corrected chi connectivity index (χ1v) is 9.74. The fourth-order valence-corrected chi connectivity index (χ4v) is 5.67. The zero-order valence-electron chi connectivity index (χ0n) is 16.0. The first-order valence-electron chi connectivity index (χ1n) is 9.74. The van der Waals surface area contributed by atoms with E-state index in [0.717, 1.165) is 52.1 Å². The molecule has 2 aromatic carbocycles. The predicted molar refractivity (Wildman–Crippen MR) is 109 cm³/mol. The van der Waals surface area contributed by atoms with E-state index in [-0.39, 0.29) is 17.0 Å². The van der Waals surface area contributed by atoms with Gasteiger partial charge in [-0.25, -0.2) is 4.39 Å². The molecule has 3 heteroatoms. The highest BCUT2D eigenvalue weighted by molar-refractivity contribution is 6.14. The third-order valence-corrected chi connectivity index (χ3v) is 7.14. The summed E-state index contributed by atoms with van der Waals surface area (Å²) >= 11 is 0. The first-order chi connectivity index (χ1) is 13.4. The number of carbonyl (C=O) groups is 1. The van der Waals surface area contributed by atoms with Crippen molar-refractivity contribution in [1.29, 1.82) is 0 Å². The molecule has 0 amide bonds. The van der Waals surface area contributed by atoms with Crippen molar-refractivity contribution >= 4 is 17.0 Å². The van der Waals surface area contributed by atoms with Crippen LogP contribution in [-0.2, 0) is 6.42 Å². The molecule has 6 rings (SSSR count). The Morgan fingerprint density at radius 3 is 2.79 bits per heavy atom. The van der Waals surface area contributed by atoms with Crippen LogP contribution >= 0.6 is 0 Å². The van der Waals surface area contributed by atoms with Gasteiger partial charge in [0.25, 0.3) is 0 Å². The van der Waals surface area contributed by atoms with Gasteiger partial charge in [-0.05, 0) is 61.1 Å². The van der Waals surface area contributed by atoms with Crippen LogP contribution in [-0.4, -0.2) is 12.8 Å². The Bertz CT molecular complexity index is 1200. The summed E-state index contributed by atoms with van der Waals surface area (Å²) in [5.41, 5.74) is 9.09. The second-order valence-electron chi connectivity index (χ2n) is 8.56. The Kier molecular flexibility index (Phi) is 2.81. The van der Waals surface area contributed by atoms with Gasteiger partial charge in [0.1, 0.15) is 5.82 Å². The molecule has 0 N–H and O–H groups in total. The molecule has 0 radical (unpaired) electrons. The molecule has 2 nitrogen and oxygen atoms in total. The van der Waals surface area contributed by atoms with Crippen LogP contribution in [0.2, 0.25) is 0 Å². The molecule has 2 aromatic rings. The normalized spacial score (nSPS) is 26.8. The second kappa shape index (κ2) is 4.91. The quantitative estimate of drug-likeness (QED) is 0.633. The molecule has 4 aliphatic rings. The fourth-order valence-electron chi connectivity index (χ4n) is 5.67. The molecule has 2 unspecified atom stereocenters. The molecular weight excluding hydrogens is 349 g/mol. The van der Waals surface area contributed by atoms with Crippen molar-refractivity contribution in [2.75, 3.05) is 11.9 Å². The molecule has 3 aliphatic carbocycles. The summed E-state index contributed by atoms with van der Waals surface area (Å²) in [6.45, 7) is 6.50. The van der Waals surface area contributed by atoms with Crippen LogP contribution in [0.5, 0.6) is 0 Å². The summed E-state index contributed by atoms with van der Waals surface area (Å²) in [6, 6.07) is 11.0. The number of aryl methyl sites for hydroxylation is 1. The Morgan fingerprint density at radius 1 is 1.18 bits per heavy atom. The zero-order valence-corrected chi connectivity index (χ0v) is 16.0. The van der Waals surface area contributed by atoms with E-state index in [0.29, 0.717) is 5.92 Å². The van der Waals surface area contributed by atoms with Gasteiger partial charge in [-0.15, -0.1) is 0 Å². The molecule has 1 saturated carbocycles. The number of rotatable bonds is 0. The van der Waals surface area contributed by atoms with Crippen molar-refractivity contribution in [1.82, 2.24) is 0 Å². The summed E-state index contributed by atoms with van der Waals surface area (Å²) in [4.78, 5) is 15.3. The van der Waals surface area contributed by atoms with Crippen molar-refractivity contribution in [3.05, 3.63) is 94.0 Å². The molecule has 1 fully saturated rings. The highest BCUT2D eigenvalue weighted by Gasteiger charge is 2.65. The maximum absolute atomic E-state index is 13.9. The number of hydrogen-bond acceptors (Lipinski definition) is 2. The largest absolute Gasteiger partial charge is 0.347 e. The smallest absolute Gasteiger partial charge is 0.193 e. The van der Waals surface area contributed by atoms with Crippen molar-refractivity contribution in [2.24, 2.45) is 11.3 Å². The van der Waals surface area contributed by atoms with E-state index in [1.807, 2.05) is 25.2 Å². The maximum atomic E-state index is 13.9. The van der Waals surface area contributed by atoms with E-state index in [1.54, 1.807) is 6.07 Å². The standard InChI is InChI=1S/C25H20FNO/c1-13-4-6-18-15(8-13)9-19-20(24(18)28)11-23-25(12-21(19)25)14(2)17-7-5-16(26)10-22(17)27(23)3/h4-8,10-11,21H,2,9,12H2,1,3H3. The highest BCUT2D eigenvalue weighted by Crippen LogP contribution is 2.73. The van der Waals surface area contributed by atoms with Crippen LogP contribution < -0.4 is 4.90 Å². The van der Waals surface area contributed by atoms with Gasteiger partial charge in [0.2, 0.25) is 0 Å². The van der Waals surface area contributed by atoms with E-state index in [1.165, 1.54) is 17.2 Å². The Morgan fingerprint density at radius 2 is 1.96 bits per heavy atom. The number of hydrogen-bond donors (Lipinski definition) is 0. The second-order valence-corrected chi connectivity index (χ2v) is 8.56. The van der Waals surface area contributed by atoms with Crippen LogP contribution in [0, 0.1) is 24.1 Å². The molecular formula is C25H20FNO. The van der Waals surface area contributed by atoms with Crippen molar-refractivity contribution in [3.63, 3.8) is 0 Å². The SMILES string of the molecule is C=C1c2ccc(F)cc2N(C)C2=CC3=C(Cc4cc(C)ccc4C3=O)C3CC123. The monoisotopic (exact) mass is 369 g/mol. The molecule has 28 heavy (non-hydrogen) atoms. The van der Waals surface area contributed by atoms with Crippen LogP contribution in [0.4, 0.5) is 10.1 Å².